The highest BCUT2D eigenvalue weighted by Crippen LogP contribution is 2.15. The van der Waals surface area contributed by atoms with Crippen LogP contribution in [0.4, 0.5) is 0 Å². The summed E-state index contributed by atoms with van der Waals surface area (Å²) >= 11 is 0. The van der Waals surface area contributed by atoms with E-state index in [1.807, 2.05) is 17.4 Å². The van der Waals surface area contributed by atoms with E-state index in [4.69, 9.17) is 10.3 Å². The first-order chi connectivity index (χ1) is 7.93. The molecule has 0 bridgehead atoms. The van der Waals surface area contributed by atoms with Gasteiger partial charge in [-0.3, -0.25) is 15.1 Å². The van der Waals surface area contributed by atoms with Crippen LogP contribution in [-0.2, 0) is 6.54 Å². The number of amides is 1. The highest BCUT2D eigenvalue weighted by Gasteiger charge is 2.15. The molecule has 1 atom stereocenters. The first kappa shape index (κ1) is 13.7. The molecule has 0 aromatic carbocycles. The number of hydrazine groups is 1. The molecule has 0 fully saturated rings. The molecule has 0 saturated heterocycles. The van der Waals surface area contributed by atoms with Crippen LogP contribution < -0.4 is 11.3 Å². The molecule has 4 N–H and O–H groups in total. The summed E-state index contributed by atoms with van der Waals surface area (Å²) in [6.45, 7) is 4.57. The van der Waals surface area contributed by atoms with Gasteiger partial charge in [0, 0.05) is 12.1 Å². The van der Waals surface area contributed by atoms with E-state index in [9.17, 15) is 9.90 Å². The van der Waals surface area contributed by atoms with Crippen LogP contribution in [0.25, 0.3) is 0 Å². The van der Waals surface area contributed by atoms with Crippen molar-refractivity contribution in [3.63, 3.8) is 0 Å². The Bertz CT molecular complexity index is 387. The Morgan fingerprint density at radius 1 is 1.71 bits per heavy atom. The maximum atomic E-state index is 11.3. The number of nitrogens with zero attached hydrogens (tertiary/aromatic N) is 1. The van der Waals surface area contributed by atoms with Crippen LogP contribution in [0.3, 0.4) is 0 Å². The summed E-state index contributed by atoms with van der Waals surface area (Å²) in [6, 6.07) is 1.79. The SMILES string of the molecule is Cc1cc(CN(C)CC(C)O)oc1C(=O)NN. The third-order valence-corrected chi connectivity index (χ3v) is 2.31. The van der Waals surface area contributed by atoms with Gasteiger partial charge in [0.05, 0.1) is 12.6 Å². The Labute approximate surface area is 100 Å². The third-order valence-electron chi connectivity index (χ3n) is 2.31. The summed E-state index contributed by atoms with van der Waals surface area (Å²) in [5.74, 6) is 5.51. The summed E-state index contributed by atoms with van der Waals surface area (Å²) in [5, 5.41) is 9.23. The Morgan fingerprint density at radius 2 is 2.35 bits per heavy atom. The van der Waals surface area contributed by atoms with Crippen LogP contribution in [0.15, 0.2) is 10.5 Å². The Hall–Kier alpha value is -1.37. The lowest BCUT2D eigenvalue weighted by Gasteiger charge is -2.16. The molecule has 0 saturated carbocycles. The molecule has 17 heavy (non-hydrogen) atoms. The van der Waals surface area contributed by atoms with Crippen LogP contribution in [0.1, 0.15) is 28.8 Å². The van der Waals surface area contributed by atoms with Gasteiger partial charge in [0.1, 0.15) is 5.76 Å². The number of hydrogen-bond acceptors (Lipinski definition) is 5. The average molecular weight is 241 g/mol. The molecule has 1 amide bonds. The van der Waals surface area contributed by atoms with Crippen molar-refractivity contribution in [1.82, 2.24) is 10.3 Å². The molecule has 0 aliphatic carbocycles. The molecule has 1 heterocycles. The molecule has 0 aliphatic rings. The number of aliphatic hydroxyl groups excluding tert-OH is 1. The molecular weight excluding hydrogens is 222 g/mol. The normalized spacial score (nSPS) is 12.8. The van der Waals surface area contributed by atoms with E-state index in [0.29, 0.717) is 18.8 Å². The molecule has 0 aliphatic heterocycles. The van der Waals surface area contributed by atoms with E-state index >= 15 is 0 Å². The van der Waals surface area contributed by atoms with Gasteiger partial charge in [-0.2, -0.15) is 0 Å². The zero-order valence-corrected chi connectivity index (χ0v) is 10.4. The summed E-state index contributed by atoms with van der Waals surface area (Å²) < 4.78 is 5.40. The molecule has 1 unspecified atom stereocenters. The van der Waals surface area contributed by atoms with E-state index < -0.39 is 12.0 Å². The zero-order valence-electron chi connectivity index (χ0n) is 10.4. The molecule has 96 valence electrons. The Morgan fingerprint density at radius 3 is 2.88 bits per heavy atom. The number of nitrogens with one attached hydrogen (secondary N) is 1. The number of nitrogens with two attached hydrogens (primary N) is 1. The minimum Gasteiger partial charge on any atom is -0.454 e. The molecule has 1 aromatic rings. The minimum absolute atomic E-state index is 0.230. The van der Waals surface area contributed by atoms with E-state index in [2.05, 4.69) is 0 Å². The number of carbonyl (C=O) groups is 1. The third kappa shape index (κ3) is 3.85. The number of hydrogen-bond donors (Lipinski definition) is 3. The highest BCUT2D eigenvalue weighted by atomic mass is 16.4. The van der Waals surface area contributed by atoms with Crippen LogP contribution in [0, 0.1) is 6.92 Å². The number of likely N-dealkylation sites (N-methyl/N-ethyl adjacent to an activating group) is 1. The van der Waals surface area contributed by atoms with Gasteiger partial charge in [-0.1, -0.05) is 0 Å². The number of nitrogen functional groups attached to an aromatic ring is 1. The van der Waals surface area contributed by atoms with Gasteiger partial charge in [0.2, 0.25) is 0 Å². The van der Waals surface area contributed by atoms with Gasteiger partial charge in [-0.15, -0.1) is 0 Å². The fourth-order valence-electron chi connectivity index (χ4n) is 1.70. The molecule has 1 rings (SSSR count). The van der Waals surface area contributed by atoms with Crippen LogP contribution in [0.2, 0.25) is 0 Å². The lowest BCUT2D eigenvalue weighted by molar-refractivity contribution is 0.0918. The van der Waals surface area contributed by atoms with E-state index in [0.717, 1.165) is 5.56 Å². The smallest absolute Gasteiger partial charge is 0.301 e. The second-order valence-corrected chi connectivity index (χ2v) is 4.24. The monoisotopic (exact) mass is 241 g/mol. The van der Waals surface area contributed by atoms with Crippen LogP contribution in [0.5, 0.6) is 0 Å². The van der Waals surface area contributed by atoms with Crippen molar-refractivity contribution in [3.8, 4) is 0 Å². The predicted octanol–water partition coefficient (Wildman–Crippen LogP) is 0.00412. The minimum atomic E-state index is -0.438. The zero-order chi connectivity index (χ0) is 13.0. The number of aryl methyl sites for hydroxylation is 1. The highest BCUT2D eigenvalue weighted by molar-refractivity contribution is 5.92. The standard InChI is InChI=1S/C11H19N3O3/c1-7-4-9(6-14(3)5-8(2)15)17-10(7)11(16)13-12/h4,8,15H,5-6,12H2,1-3H3,(H,13,16). The van der Waals surface area contributed by atoms with Crippen molar-refractivity contribution in [1.29, 1.82) is 0 Å². The first-order valence-corrected chi connectivity index (χ1v) is 5.41. The van der Waals surface area contributed by atoms with Gasteiger partial charge in [-0.25, -0.2) is 5.84 Å². The molecule has 0 spiro atoms. The predicted molar refractivity (Wildman–Crippen MR) is 63.1 cm³/mol. The van der Waals surface area contributed by atoms with Crippen molar-refractivity contribution in [3.05, 3.63) is 23.2 Å². The Balaban J connectivity index is 2.70. The summed E-state index contributed by atoms with van der Waals surface area (Å²) in [5.41, 5.74) is 2.78. The van der Waals surface area contributed by atoms with Gasteiger partial charge < -0.3 is 9.52 Å². The van der Waals surface area contributed by atoms with Crippen molar-refractivity contribution in [2.24, 2.45) is 5.84 Å². The molecule has 0 radical (unpaired) electrons. The van der Waals surface area contributed by atoms with Crippen molar-refractivity contribution >= 4 is 5.91 Å². The maximum Gasteiger partial charge on any atom is 0.301 e. The van der Waals surface area contributed by atoms with Gasteiger partial charge >= 0.3 is 5.91 Å². The summed E-state index contributed by atoms with van der Waals surface area (Å²) in [7, 11) is 1.87. The topological polar surface area (TPSA) is 91.7 Å². The van der Waals surface area contributed by atoms with Gasteiger partial charge in [0.25, 0.3) is 0 Å². The lowest BCUT2D eigenvalue weighted by Crippen LogP contribution is -2.30. The van der Waals surface area contributed by atoms with Crippen LogP contribution >= 0.6 is 0 Å². The lowest BCUT2D eigenvalue weighted by atomic mass is 10.2. The molecule has 1 aromatic heterocycles. The molecule has 6 heteroatoms. The first-order valence-electron chi connectivity index (χ1n) is 5.41. The summed E-state index contributed by atoms with van der Waals surface area (Å²) in [4.78, 5) is 13.2. The van der Waals surface area contributed by atoms with E-state index in [1.165, 1.54) is 0 Å². The van der Waals surface area contributed by atoms with E-state index in [1.54, 1.807) is 19.9 Å². The number of furan rings is 1. The van der Waals surface area contributed by atoms with Crippen molar-refractivity contribution in [2.75, 3.05) is 13.6 Å². The second-order valence-electron chi connectivity index (χ2n) is 4.24. The number of carbonyl (C=O) groups excluding carboxylic acids is 1. The van der Waals surface area contributed by atoms with E-state index in [-0.39, 0.29) is 5.76 Å². The van der Waals surface area contributed by atoms with Gasteiger partial charge in [-0.05, 0) is 27.0 Å². The largest absolute Gasteiger partial charge is 0.454 e. The number of aliphatic hydroxyl groups is 1. The van der Waals surface area contributed by atoms with Crippen molar-refractivity contribution < 1.29 is 14.3 Å². The average Bonchev–Trinajstić information content (AvgIpc) is 2.56. The number of rotatable bonds is 5. The van der Waals surface area contributed by atoms with Crippen molar-refractivity contribution in [2.45, 2.75) is 26.5 Å². The maximum absolute atomic E-state index is 11.3. The fraction of sp³-hybridized carbons (Fsp3) is 0.545. The molecular formula is C11H19N3O3. The Kier molecular flexibility index (Phi) is 4.68. The quantitative estimate of drug-likeness (QED) is 0.383. The molecule has 6 nitrogen and oxygen atoms in total. The fourth-order valence-corrected chi connectivity index (χ4v) is 1.70. The van der Waals surface area contributed by atoms with Gasteiger partial charge in [0.15, 0.2) is 5.76 Å². The van der Waals surface area contributed by atoms with Crippen LogP contribution in [-0.4, -0.2) is 35.6 Å². The summed E-state index contributed by atoms with van der Waals surface area (Å²) in [6.07, 6.45) is -0.400. The second kappa shape index (κ2) is 5.81.